The van der Waals surface area contributed by atoms with Gasteiger partial charge in [-0.25, -0.2) is 0 Å². The fraction of sp³-hybridized carbons (Fsp3) is 0.133. The van der Waals surface area contributed by atoms with Crippen molar-refractivity contribution in [1.29, 1.82) is 0 Å². The Hall–Kier alpha value is -1.02. The molecule has 0 saturated heterocycles. The van der Waals surface area contributed by atoms with Gasteiger partial charge >= 0.3 is 0 Å². The maximum absolute atomic E-state index is 12.3. The third-order valence-corrected chi connectivity index (χ3v) is 4.08. The van der Waals surface area contributed by atoms with Crippen LogP contribution in [-0.4, -0.2) is 5.78 Å². The summed E-state index contributed by atoms with van der Waals surface area (Å²) in [6, 6.07) is 10.5. The molecule has 1 nitrogen and oxygen atoms in total. The van der Waals surface area contributed by atoms with Crippen LogP contribution in [0.1, 0.15) is 21.5 Å². The lowest BCUT2D eigenvalue weighted by Gasteiger charge is -2.09. The van der Waals surface area contributed by atoms with Crippen LogP contribution in [0.5, 0.6) is 0 Å². The van der Waals surface area contributed by atoms with E-state index in [1.807, 2.05) is 6.92 Å². The smallest absolute Gasteiger partial charge is 0.167 e. The Morgan fingerprint density at radius 1 is 0.947 bits per heavy atom. The molecule has 2 rings (SSSR count). The van der Waals surface area contributed by atoms with Crippen LogP contribution in [-0.2, 0) is 6.42 Å². The molecule has 19 heavy (non-hydrogen) atoms. The molecule has 0 aliphatic rings. The van der Waals surface area contributed by atoms with E-state index in [0.29, 0.717) is 26.2 Å². The van der Waals surface area contributed by atoms with Crippen molar-refractivity contribution < 1.29 is 4.79 Å². The predicted molar refractivity (Wildman–Crippen MR) is 80.7 cm³/mol. The number of rotatable bonds is 3. The quantitative estimate of drug-likeness (QED) is 0.695. The molecular weight excluding hydrogens is 303 g/mol. The van der Waals surface area contributed by atoms with Crippen molar-refractivity contribution in [1.82, 2.24) is 0 Å². The highest BCUT2D eigenvalue weighted by Crippen LogP contribution is 2.27. The van der Waals surface area contributed by atoms with Gasteiger partial charge < -0.3 is 0 Å². The third-order valence-electron chi connectivity index (χ3n) is 2.97. The maximum Gasteiger partial charge on any atom is 0.167 e. The minimum Gasteiger partial charge on any atom is -0.294 e. The lowest BCUT2D eigenvalue weighted by atomic mass is 9.99. The lowest BCUT2D eigenvalue weighted by Crippen LogP contribution is -2.06. The van der Waals surface area contributed by atoms with Crippen LogP contribution in [0, 0.1) is 6.92 Å². The number of carbonyl (C=O) groups is 1. The van der Waals surface area contributed by atoms with Crippen molar-refractivity contribution in [2.24, 2.45) is 0 Å². The summed E-state index contributed by atoms with van der Waals surface area (Å²) in [5.41, 5.74) is 2.02. The molecule has 0 atom stereocenters. The van der Waals surface area contributed by atoms with Gasteiger partial charge in [-0.1, -0.05) is 53.0 Å². The van der Waals surface area contributed by atoms with E-state index < -0.39 is 0 Å². The normalized spacial score (nSPS) is 10.5. The fourth-order valence-electron chi connectivity index (χ4n) is 1.87. The van der Waals surface area contributed by atoms with Crippen molar-refractivity contribution in [3.63, 3.8) is 0 Å². The number of hydrogen-bond donors (Lipinski definition) is 0. The molecule has 2 aromatic rings. The SMILES string of the molecule is Cc1c(Cl)cccc1C(=O)Cc1c(Cl)cccc1Cl. The second-order valence-corrected chi connectivity index (χ2v) is 5.43. The van der Waals surface area contributed by atoms with Crippen molar-refractivity contribution in [3.05, 3.63) is 68.2 Å². The topological polar surface area (TPSA) is 17.1 Å². The second kappa shape index (κ2) is 5.96. The average molecular weight is 314 g/mol. The summed E-state index contributed by atoms with van der Waals surface area (Å²) < 4.78 is 0. The van der Waals surface area contributed by atoms with E-state index in [2.05, 4.69) is 0 Å². The monoisotopic (exact) mass is 312 g/mol. The van der Waals surface area contributed by atoms with Crippen LogP contribution in [0.3, 0.4) is 0 Å². The molecule has 0 heterocycles. The van der Waals surface area contributed by atoms with E-state index in [1.54, 1.807) is 36.4 Å². The zero-order valence-corrected chi connectivity index (χ0v) is 12.5. The Bertz CT molecular complexity index is 615. The van der Waals surface area contributed by atoms with Gasteiger partial charge in [0.05, 0.1) is 0 Å². The minimum absolute atomic E-state index is 0.0463. The first kappa shape index (κ1) is 14.4. The number of carbonyl (C=O) groups excluding carboxylic acids is 1. The molecule has 0 amide bonds. The zero-order chi connectivity index (χ0) is 14.0. The number of halogens is 3. The summed E-state index contributed by atoms with van der Waals surface area (Å²) in [6.45, 7) is 1.82. The van der Waals surface area contributed by atoms with Crippen molar-refractivity contribution >= 4 is 40.6 Å². The zero-order valence-electron chi connectivity index (χ0n) is 10.2. The fourth-order valence-corrected chi connectivity index (χ4v) is 2.57. The molecule has 0 fully saturated rings. The van der Waals surface area contributed by atoms with Gasteiger partial charge in [0, 0.05) is 27.1 Å². The minimum atomic E-state index is -0.0463. The van der Waals surface area contributed by atoms with Crippen LogP contribution in [0.15, 0.2) is 36.4 Å². The summed E-state index contributed by atoms with van der Waals surface area (Å²) in [5.74, 6) is -0.0463. The van der Waals surface area contributed by atoms with Crippen molar-refractivity contribution in [3.8, 4) is 0 Å². The molecule has 0 N–H and O–H groups in total. The average Bonchev–Trinajstić information content (AvgIpc) is 2.37. The highest BCUT2D eigenvalue weighted by atomic mass is 35.5. The molecule has 4 heteroatoms. The van der Waals surface area contributed by atoms with Gasteiger partial charge in [-0.2, -0.15) is 0 Å². The molecule has 98 valence electrons. The summed E-state index contributed by atoms with van der Waals surface area (Å²) in [4.78, 5) is 12.3. The Labute approximate surface area is 127 Å². The van der Waals surface area contributed by atoms with Gasteiger partial charge in [0.1, 0.15) is 0 Å². The lowest BCUT2D eigenvalue weighted by molar-refractivity contribution is 0.0992. The third kappa shape index (κ3) is 3.11. The Morgan fingerprint density at radius 2 is 1.47 bits per heavy atom. The van der Waals surface area contributed by atoms with Gasteiger partial charge in [-0.05, 0) is 36.2 Å². The number of Topliss-reactive ketones (excluding diaryl/α,β-unsaturated/α-hetero) is 1. The number of hydrogen-bond acceptors (Lipinski definition) is 1. The first-order chi connectivity index (χ1) is 9.00. The number of benzene rings is 2. The Morgan fingerprint density at radius 3 is 2.11 bits per heavy atom. The molecule has 0 unspecified atom stereocenters. The molecule has 0 aliphatic carbocycles. The molecule has 0 spiro atoms. The largest absolute Gasteiger partial charge is 0.294 e. The Kier molecular flexibility index (Phi) is 4.51. The van der Waals surface area contributed by atoms with Gasteiger partial charge in [-0.15, -0.1) is 0 Å². The van der Waals surface area contributed by atoms with Crippen molar-refractivity contribution in [2.45, 2.75) is 13.3 Å². The number of ketones is 1. The van der Waals surface area contributed by atoms with Gasteiger partial charge in [-0.3, -0.25) is 4.79 Å². The van der Waals surface area contributed by atoms with E-state index >= 15 is 0 Å². The first-order valence-electron chi connectivity index (χ1n) is 5.72. The van der Waals surface area contributed by atoms with Crippen LogP contribution < -0.4 is 0 Å². The molecule has 2 aromatic carbocycles. The molecule has 0 saturated carbocycles. The van der Waals surface area contributed by atoms with Crippen LogP contribution in [0.4, 0.5) is 0 Å². The first-order valence-corrected chi connectivity index (χ1v) is 6.85. The van der Waals surface area contributed by atoms with Gasteiger partial charge in [0.2, 0.25) is 0 Å². The maximum atomic E-state index is 12.3. The Balaban J connectivity index is 2.34. The molecular formula is C15H11Cl3O. The summed E-state index contributed by atoms with van der Waals surface area (Å²) in [6.07, 6.45) is 0.166. The summed E-state index contributed by atoms with van der Waals surface area (Å²) in [7, 11) is 0. The predicted octanol–water partition coefficient (Wildman–Crippen LogP) is 5.38. The van der Waals surface area contributed by atoms with Crippen LogP contribution >= 0.6 is 34.8 Å². The molecule has 0 bridgehead atoms. The van der Waals surface area contributed by atoms with Gasteiger partial charge in [0.25, 0.3) is 0 Å². The highest BCUT2D eigenvalue weighted by Gasteiger charge is 2.15. The second-order valence-electron chi connectivity index (χ2n) is 4.21. The van der Waals surface area contributed by atoms with E-state index in [-0.39, 0.29) is 12.2 Å². The standard InChI is InChI=1S/C15H11Cl3O/c1-9-10(4-2-5-12(9)16)15(19)8-11-13(17)6-3-7-14(11)18/h2-7H,8H2,1H3. The molecule has 0 aliphatic heterocycles. The van der Waals surface area contributed by atoms with Gasteiger partial charge in [0.15, 0.2) is 5.78 Å². The van der Waals surface area contributed by atoms with Crippen molar-refractivity contribution in [2.75, 3.05) is 0 Å². The van der Waals surface area contributed by atoms with Crippen LogP contribution in [0.25, 0.3) is 0 Å². The van der Waals surface area contributed by atoms with E-state index in [0.717, 1.165) is 5.56 Å². The van der Waals surface area contributed by atoms with E-state index in [4.69, 9.17) is 34.8 Å². The highest BCUT2D eigenvalue weighted by molar-refractivity contribution is 6.36. The van der Waals surface area contributed by atoms with Crippen LogP contribution in [0.2, 0.25) is 15.1 Å². The summed E-state index contributed by atoms with van der Waals surface area (Å²) >= 11 is 18.2. The molecule has 0 radical (unpaired) electrons. The van der Waals surface area contributed by atoms with E-state index in [9.17, 15) is 4.79 Å². The molecule has 0 aromatic heterocycles. The van der Waals surface area contributed by atoms with E-state index in [1.165, 1.54) is 0 Å². The summed E-state index contributed by atoms with van der Waals surface area (Å²) in [5, 5.41) is 1.58.